The zero-order valence-corrected chi connectivity index (χ0v) is 14.0. The number of aliphatic carboxylic acids is 1. The van der Waals surface area contributed by atoms with Crippen LogP contribution < -0.4 is 4.90 Å². The summed E-state index contributed by atoms with van der Waals surface area (Å²) in [5.74, 6) is -1.40. The SMILES string of the molecule is CN(C)CC1=C(C(=O)O)N(c2ccc(F)cc2)C(c2cnoc2)S1. The molecule has 3 rings (SSSR count). The second-order valence-electron chi connectivity index (χ2n) is 5.59. The minimum Gasteiger partial charge on any atom is -0.477 e. The highest BCUT2D eigenvalue weighted by Crippen LogP contribution is 2.49. The lowest BCUT2D eigenvalue weighted by atomic mass is 10.2. The van der Waals surface area contributed by atoms with E-state index in [2.05, 4.69) is 5.16 Å². The Bertz CT molecular complexity index is 759. The Morgan fingerprint density at radius 3 is 2.67 bits per heavy atom. The van der Waals surface area contributed by atoms with Gasteiger partial charge in [0.25, 0.3) is 0 Å². The van der Waals surface area contributed by atoms with Gasteiger partial charge in [0.1, 0.15) is 23.2 Å². The molecular weight excluding hydrogens is 333 g/mol. The molecule has 0 spiro atoms. The number of carboxylic acid groups (broad SMARTS) is 1. The smallest absolute Gasteiger partial charge is 0.353 e. The van der Waals surface area contributed by atoms with Crippen LogP contribution in [0.2, 0.25) is 0 Å². The lowest BCUT2D eigenvalue weighted by Crippen LogP contribution is -2.27. The molecule has 8 heteroatoms. The van der Waals surface area contributed by atoms with Crippen molar-refractivity contribution in [1.29, 1.82) is 0 Å². The molecular formula is C16H16FN3O3S. The lowest BCUT2D eigenvalue weighted by molar-refractivity contribution is -0.132. The van der Waals surface area contributed by atoms with Crippen LogP contribution in [0.3, 0.4) is 0 Å². The zero-order valence-electron chi connectivity index (χ0n) is 13.1. The molecule has 0 fully saturated rings. The molecule has 2 heterocycles. The molecule has 0 saturated heterocycles. The molecule has 2 aromatic rings. The van der Waals surface area contributed by atoms with Gasteiger partial charge in [0.05, 0.1) is 6.20 Å². The largest absolute Gasteiger partial charge is 0.477 e. The fraction of sp³-hybridized carbons (Fsp3) is 0.250. The van der Waals surface area contributed by atoms with Crippen LogP contribution in [0.1, 0.15) is 10.9 Å². The first-order chi connectivity index (χ1) is 11.5. The van der Waals surface area contributed by atoms with E-state index in [1.165, 1.54) is 30.2 Å². The van der Waals surface area contributed by atoms with Gasteiger partial charge in [0.15, 0.2) is 0 Å². The Labute approximate surface area is 142 Å². The van der Waals surface area contributed by atoms with Crippen LogP contribution in [0.25, 0.3) is 0 Å². The highest BCUT2D eigenvalue weighted by molar-refractivity contribution is 8.03. The monoisotopic (exact) mass is 349 g/mol. The highest BCUT2D eigenvalue weighted by Gasteiger charge is 2.39. The van der Waals surface area contributed by atoms with E-state index in [1.807, 2.05) is 19.0 Å². The Kier molecular flexibility index (Phi) is 4.59. The third-order valence-electron chi connectivity index (χ3n) is 3.50. The predicted molar refractivity (Wildman–Crippen MR) is 88.9 cm³/mol. The normalized spacial score (nSPS) is 17.8. The molecule has 1 unspecified atom stereocenters. The molecule has 0 aliphatic carbocycles. The van der Waals surface area contributed by atoms with E-state index >= 15 is 0 Å². The number of likely N-dealkylation sites (N-methyl/N-ethyl adjacent to an activating group) is 1. The molecule has 0 radical (unpaired) electrons. The molecule has 1 aromatic carbocycles. The maximum atomic E-state index is 13.3. The summed E-state index contributed by atoms with van der Waals surface area (Å²) in [6.07, 6.45) is 3.05. The molecule has 1 N–H and O–H groups in total. The summed E-state index contributed by atoms with van der Waals surface area (Å²) in [5.41, 5.74) is 1.53. The van der Waals surface area contributed by atoms with Gasteiger partial charge in [-0.05, 0) is 38.4 Å². The topological polar surface area (TPSA) is 69.8 Å². The summed E-state index contributed by atoms with van der Waals surface area (Å²) in [4.78, 5) is 16.2. The Balaban J connectivity index is 2.09. The number of benzene rings is 1. The van der Waals surface area contributed by atoms with Gasteiger partial charge in [0.2, 0.25) is 0 Å². The van der Waals surface area contributed by atoms with Gasteiger partial charge in [-0.1, -0.05) is 16.9 Å². The average molecular weight is 349 g/mol. The van der Waals surface area contributed by atoms with Crippen LogP contribution >= 0.6 is 11.8 Å². The van der Waals surface area contributed by atoms with Crippen molar-refractivity contribution in [3.05, 3.63) is 58.7 Å². The first kappa shape index (κ1) is 16.5. The van der Waals surface area contributed by atoms with Crippen molar-refractivity contribution >= 4 is 23.4 Å². The maximum Gasteiger partial charge on any atom is 0.353 e. The van der Waals surface area contributed by atoms with Crippen molar-refractivity contribution in [3.8, 4) is 0 Å². The molecule has 1 aromatic heterocycles. The molecule has 126 valence electrons. The minimum absolute atomic E-state index is 0.187. The number of hydrogen-bond donors (Lipinski definition) is 1. The van der Waals surface area contributed by atoms with E-state index in [1.54, 1.807) is 23.2 Å². The van der Waals surface area contributed by atoms with Gasteiger partial charge in [0, 0.05) is 22.7 Å². The van der Waals surface area contributed by atoms with E-state index in [0.29, 0.717) is 12.2 Å². The van der Waals surface area contributed by atoms with E-state index in [0.717, 1.165) is 10.5 Å². The van der Waals surface area contributed by atoms with Crippen LogP contribution in [-0.2, 0) is 4.79 Å². The number of halogens is 1. The summed E-state index contributed by atoms with van der Waals surface area (Å²) < 4.78 is 18.2. The number of anilines is 1. The minimum atomic E-state index is -1.03. The number of carbonyl (C=O) groups is 1. The summed E-state index contributed by atoms with van der Waals surface area (Å²) in [5, 5.41) is 13.1. The summed E-state index contributed by atoms with van der Waals surface area (Å²) in [7, 11) is 3.75. The van der Waals surface area contributed by atoms with E-state index < -0.39 is 5.97 Å². The zero-order chi connectivity index (χ0) is 17.3. The molecule has 1 aliphatic rings. The van der Waals surface area contributed by atoms with Crippen LogP contribution in [0.5, 0.6) is 0 Å². The van der Waals surface area contributed by atoms with E-state index in [4.69, 9.17) is 4.52 Å². The summed E-state index contributed by atoms with van der Waals surface area (Å²) in [6.45, 7) is 0.492. The third kappa shape index (κ3) is 3.15. The molecule has 1 aliphatic heterocycles. The van der Waals surface area contributed by atoms with E-state index in [9.17, 15) is 14.3 Å². The van der Waals surface area contributed by atoms with Gasteiger partial charge < -0.3 is 19.4 Å². The fourth-order valence-corrected chi connectivity index (χ4v) is 4.02. The molecule has 6 nitrogen and oxygen atoms in total. The van der Waals surface area contributed by atoms with Crippen molar-refractivity contribution < 1.29 is 18.8 Å². The van der Waals surface area contributed by atoms with Gasteiger partial charge in [-0.3, -0.25) is 0 Å². The van der Waals surface area contributed by atoms with Crippen molar-refractivity contribution in [3.63, 3.8) is 0 Å². The first-order valence-electron chi connectivity index (χ1n) is 7.19. The third-order valence-corrected chi connectivity index (χ3v) is 4.81. The molecule has 24 heavy (non-hydrogen) atoms. The van der Waals surface area contributed by atoms with Crippen LogP contribution in [0, 0.1) is 5.82 Å². The summed E-state index contributed by atoms with van der Waals surface area (Å²) >= 11 is 1.43. The highest BCUT2D eigenvalue weighted by atomic mass is 32.2. The maximum absolute atomic E-state index is 13.3. The van der Waals surface area contributed by atoms with Gasteiger partial charge in [-0.2, -0.15) is 0 Å². The number of thioether (sulfide) groups is 1. The Morgan fingerprint density at radius 2 is 2.12 bits per heavy atom. The number of rotatable bonds is 5. The van der Waals surface area contributed by atoms with Gasteiger partial charge >= 0.3 is 5.97 Å². The number of aromatic nitrogens is 1. The lowest BCUT2D eigenvalue weighted by Gasteiger charge is -2.26. The standard InChI is InChI=1S/C16H16FN3O3S/c1-19(2)8-13-14(16(21)22)20(12-5-3-11(17)4-6-12)15(24-13)10-7-18-23-9-10/h3-7,9,15H,8H2,1-2H3,(H,21,22). The fourth-order valence-electron chi connectivity index (χ4n) is 2.53. The first-order valence-corrected chi connectivity index (χ1v) is 8.07. The Morgan fingerprint density at radius 1 is 1.42 bits per heavy atom. The second-order valence-corrected chi connectivity index (χ2v) is 6.76. The molecule has 0 saturated carbocycles. The van der Waals surface area contributed by atoms with Crippen molar-refractivity contribution in [1.82, 2.24) is 10.1 Å². The number of nitrogens with zero attached hydrogens (tertiary/aromatic N) is 3. The van der Waals surface area contributed by atoms with E-state index in [-0.39, 0.29) is 16.9 Å². The number of carboxylic acids is 1. The molecule has 0 bridgehead atoms. The van der Waals surface area contributed by atoms with Crippen molar-refractivity contribution in [2.75, 3.05) is 25.5 Å². The summed E-state index contributed by atoms with van der Waals surface area (Å²) in [6, 6.07) is 5.76. The Hall–Kier alpha value is -2.32. The van der Waals surface area contributed by atoms with Crippen LogP contribution in [0.4, 0.5) is 10.1 Å². The van der Waals surface area contributed by atoms with Crippen molar-refractivity contribution in [2.24, 2.45) is 0 Å². The molecule has 1 atom stereocenters. The van der Waals surface area contributed by atoms with Crippen molar-refractivity contribution in [2.45, 2.75) is 5.37 Å². The van der Waals surface area contributed by atoms with Gasteiger partial charge in [-0.25, -0.2) is 9.18 Å². The average Bonchev–Trinajstić information content (AvgIpc) is 3.14. The van der Waals surface area contributed by atoms with Gasteiger partial charge in [-0.15, -0.1) is 0 Å². The van der Waals surface area contributed by atoms with Crippen LogP contribution in [-0.4, -0.2) is 41.8 Å². The second kappa shape index (κ2) is 6.66. The van der Waals surface area contributed by atoms with Crippen LogP contribution in [0.15, 0.2) is 51.9 Å². The number of hydrogen-bond acceptors (Lipinski definition) is 6. The predicted octanol–water partition coefficient (Wildman–Crippen LogP) is 2.92. The quantitative estimate of drug-likeness (QED) is 0.890. The molecule has 0 amide bonds.